The van der Waals surface area contributed by atoms with E-state index in [1.807, 2.05) is 73.7 Å². The van der Waals surface area contributed by atoms with Crippen LogP contribution >= 0.6 is 0 Å². The van der Waals surface area contributed by atoms with E-state index < -0.39 is 10.0 Å². The molecule has 0 saturated carbocycles. The number of aromatic nitrogens is 2. The summed E-state index contributed by atoms with van der Waals surface area (Å²) in [4.78, 5) is 0.317. The largest absolute Gasteiger partial charge is 0.268 e. The van der Waals surface area contributed by atoms with E-state index in [0.717, 1.165) is 23.2 Å². The van der Waals surface area contributed by atoms with Gasteiger partial charge in [-0.2, -0.15) is 5.10 Å². The van der Waals surface area contributed by atoms with Crippen molar-refractivity contribution in [1.82, 2.24) is 9.78 Å². The molecular formula is C22H23N3O2S. The Labute approximate surface area is 166 Å². The van der Waals surface area contributed by atoms with Crippen molar-refractivity contribution in [2.24, 2.45) is 0 Å². The average Bonchev–Trinajstić information content (AvgIpc) is 3.24. The highest BCUT2D eigenvalue weighted by Crippen LogP contribution is 2.34. The number of para-hydroxylation sites is 1. The zero-order chi connectivity index (χ0) is 19.7. The molecule has 2 heterocycles. The lowest BCUT2D eigenvalue weighted by Crippen LogP contribution is -2.30. The van der Waals surface area contributed by atoms with Crippen LogP contribution in [0.3, 0.4) is 0 Å². The molecule has 144 valence electrons. The molecule has 1 aliphatic heterocycles. The Morgan fingerprint density at radius 2 is 1.75 bits per heavy atom. The van der Waals surface area contributed by atoms with Crippen LogP contribution in [0.15, 0.2) is 65.6 Å². The first-order valence-electron chi connectivity index (χ1n) is 9.35. The van der Waals surface area contributed by atoms with E-state index in [2.05, 4.69) is 5.10 Å². The van der Waals surface area contributed by atoms with Crippen LogP contribution in [0.5, 0.6) is 0 Å². The summed E-state index contributed by atoms with van der Waals surface area (Å²) in [5.41, 5.74) is 4.15. The Morgan fingerprint density at radius 1 is 1.04 bits per heavy atom. The number of allylic oxidation sites excluding steroid dienone is 1. The number of nitrogens with zero attached hydrogens (tertiary/aromatic N) is 3. The van der Waals surface area contributed by atoms with Crippen LogP contribution < -0.4 is 4.31 Å². The first-order chi connectivity index (χ1) is 13.5. The maximum Gasteiger partial charge on any atom is 0.268 e. The minimum Gasteiger partial charge on any atom is -0.266 e. The Hall–Kier alpha value is -2.86. The summed E-state index contributed by atoms with van der Waals surface area (Å²) >= 11 is 0. The van der Waals surface area contributed by atoms with Crippen molar-refractivity contribution in [1.29, 1.82) is 0 Å². The highest BCUT2D eigenvalue weighted by molar-refractivity contribution is 7.93. The van der Waals surface area contributed by atoms with Crippen LogP contribution in [0.1, 0.15) is 22.5 Å². The van der Waals surface area contributed by atoms with Gasteiger partial charge in [0.1, 0.15) is 4.90 Å². The molecule has 0 fully saturated rings. The van der Waals surface area contributed by atoms with Crippen LogP contribution in [-0.2, 0) is 23.0 Å². The summed E-state index contributed by atoms with van der Waals surface area (Å²) in [6, 6.07) is 17.7. The van der Waals surface area contributed by atoms with E-state index in [1.54, 1.807) is 11.6 Å². The van der Waals surface area contributed by atoms with Gasteiger partial charge in [0.2, 0.25) is 0 Å². The molecule has 0 saturated heterocycles. The highest BCUT2D eigenvalue weighted by atomic mass is 32.2. The Bertz CT molecular complexity index is 1130. The van der Waals surface area contributed by atoms with Crippen LogP contribution in [0.2, 0.25) is 0 Å². The van der Waals surface area contributed by atoms with Crippen molar-refractivity contribution >= 4 is 21.8 Å². The molecule has 2 aromatic carbocycles. The van der Waals surface area contributed by atoms with Crippen LogP contribution in [0.25, 0.3) is 6.08 Å². The molecule has 6 heteroatoms. The number of anilines is 1. The van der Waals surface area contributed by atoms with Gasteiger partial charge in [0, 0.05) is 6.54 Å². The molecule has 0 spiro atoms. The number of hydrogen-bond acceptors (Lipinski definition) is 3. The Kier molecular flexibility index (Phi) is 4.81. The molecule has 0 unspecified atom stereocenters. The van der Waals surface area contributed by atoms with Gasteiger partial charge in [-0.15, -0.1) is 0 Å². The summed E-state index contributed by atoms with van der Waals surface area (Å²) in [6.07, 6.45) is 4.75. The summed E-state index contributed by atoms with van der Waals surface area (Å²) in [6.45, 7) is 4.58. The van der Waals surface area contributed by atoms with Crippen molar-refractivity contribution < 1.29 is 8.42 Å². The molecule has 1 aromatic heterocycles. The minimum absolute atomic E-state index is 0.317. The fourth-order valence-corrected chi connectivity index (χ4v) is 5.63. The SMILES string of the molecule is Cc1nn(C/C=C/c2ccccc2)c(C)c1S(=O)(=O)N1CCc2ccccc21. The summed E-state index contributed by atoms with van der Waals surface area (Å²) in [5, 5.41) is 4.49. The summed E-state index contributed by atoms with van der Waals surface area (Å²) in [5.74, 6) is 0. The highest BCUT2D eigenvalue weighted by Gasteiger charge is 2.34. The molecule has 0 aliphatic carbocycles. The van der Waals surface area contributed by atoms with Crippen molar-refractivity contribution in [2.75, 3.05) is 10.8 Å². The number of sulfonamides is 1. The fourth-order valence-electron chi connectivity index (χ4n) is 3.75. The molecule has 4 rings (SSSR count). The second-order valence-corrected chi connectivity index (χ2v) is 8.75. The van der Waals surface area contributed by atoms with Crippen LogP contribution in [0, 0.1) is 13.8 Å². The second kappa shape index (κ2) is 7.28. The number of rotatable bonds is 5. The second-order valence-electron chi connectivity index (χ2n) is 6.95. The number of hydrogen-bond donors (Lipinski definition) is 0. The smallest absolute Gasteiger partial charge is 0.266 e. The third-order valence-corrected chi connectivity index (χ3v) is 7.16. The topological polar surface area (TPSA) is 55.2 Å². The molecule has 0 bridgehead atoms. The van der Waals surface area contributed by atoms with E-state index in [0.29, 0.717) is 29.4 Å². The zero-order valence-electron chi connectivity index (χ0n) is 16.0. The van der Waals surface area contributed by atoms with Gasteiger partial charge < -0.3 is 0 Å². The lowest BCUT2D eigenvalue weighted by Gasteiger charge is -2.19. The van der Waals surface area contributed by atoms with Gasteiger partial charge >= 0.3 is 0 Å². The molecule has 1 aliphatic rings. The predicted molar refractivity (Wildman–Crippen MR) is 112 cm³/mol. The lowest BCUT2D eigenvalue weighted by molar-refractivity contribution is 0.590. The predicted octanol–water partition coefficient (Wildman–Crippen LogP) is 3.96. The van der Waals surface area contributed by atoms with E-state index in [-0.39, 0.29) is 0 Å². The molecule has 0 radical (unpaired) electrons. The number of benzene rings is 2. The van der Waals surface area contributed by atoms with Crippen LogP contribution in [0.4, 0.5) is 5.69 Å². The molecule has 3 aromatic rings. The monoisotopic (exact) mass is 393 g/mol. The Morgan fingerprint density at radius 3 is 2.54 bits per heavy atom. The number of fused-ring (bicyclic) bond motifs is 1. The van der Waals surface area contributed by atoms with Crippen molar-refractivity contribution in [3.8, 4) is 0 Å². The standard InChI is InChI=1S/C22H23N3O2S/c1-17-22(28(26,27)25-16-14-20-12-6-7-13-21(20)25)18(2)24(23-17)15-8-11-19-9-4-3-5-10-19/h3-13H,14-16H2,1-2H3/b11-8+. The Balaban J connectivity index is 1.63. The third kappa shape index (κ3) is 3.24. The minimum atomic E-state index is -3.64. The fraction of sp³-hybridized carbons (Fsp3) is 0.227. The van der Waals surface area contributed by atoms with Gasteiger partial charge in [-0.3, -0.25) is 8.99 Å². The van der Waals surface area contributed by atoms with Crippen molar-refractivity contribution in [3.63, 3.8) is 0 Å². The first kappa shape index (κ1) is 18.5. The summed E-state index contributed by atoms with van der Waals surface area (Å²) < 4.78 is 30.1. The molecule has 5 nitrogen and oxygen atoms in total. The zero-order valence-corrected chi connectivity index (χ0v) is 16.9. The van der Waals surface area contributed by atoms with Gasteiger partial charge in [-0.05, 0) is 37.5 Å². The molecule has 0 atom stereocenters. The van der Waals surface area contributed by atoms with E-state index in [4.69, 9.17) is 0 Å². The van der Waals surface area contributed by atoms with Crippen LogP contribution in [-0.4, -0.2) is 24.7 Å². The van der Waals surface area contributed by atoms with Gasteiger partial charge in [0.05, 0.1) is 23.6 Å². The quantitative estimate of drug-likeness (QED) is 0.659. The maximum absolute atomic E-state index is 13.4. The molecule has 0 N–H and O–H groups in total. The molecule has 0 amide bonds. The van der Waals surface area contributed by atoms with Gasteiger partial charge in [-0.1, -0.05) is 60.7 Å². The van der Waals surface area contributed by atoms with Gasteiger partial charge in [-0.25, -0.2) is 8.42 Å². The first-order valence-corrected chi connectivity index (χ1v) is 10.8. The van der Waals surface area contributed by atoms with Gasteiger partial charge in [0.15, 0.2) is 0 Å². The van der Waals surface area contributed by atoms with E-state index in [1.165, 1.54) is 4.31 Å². The maximum atomic E-state index is 13.4. The van der Waals surface area contributed by atoms with Gasteiger partial charge in [0.25, 0.3) is 10.0 Å². The lowest BCUT2D eigenvalue weighted by atomic mass is 10.2. The normalized spacial score (nSPS) is 14.0. The average molecular weight is 394 g/mol. The third-order valence-electron chi connectivity index (χ3n) is 5.10. The van der Waals surface area contributed by atoms with E-state index >= 15 is 0 Å². The summed E-state index contributed by atoms with van der Waals surface area (Å²) in [7, 11) is -3.64. The molecular weight excluding hydrogens is 370 g/mol. The molecule has 28 heavy (non-hydrogen) atoms. The van der Waals surface area contributed by atoms with Crippen molar-refractivity contribution in [2.45, 2.75) is 31.7 Å². The number of aryl methyl sites for hydroxylation is 1. The van der Waals surface area contributed by atoms with Crippen molar-refractivity contribution in [3.05, 3.63) is 83.2 Å². The van der Waals surface area contributed by atoms with E-state index in [9.17, 15) is 8.42 Å².